The van der Waals surface area contributed by atoms with E-state index >= 15 is 0 Å². The van der Waals surface area contributed by atoms with Crippen LogP contribution in [0, 0.1) is 5.92 Å². The number of hydrogen-bond donors (Lipinski definition) is 2. The van der Waals surface area contributed by atoms with Gasteiger partial charge in [0.15, 0.2) is 0 Å². The molecule has 1 saturated heterocycles. The molecule has 6 nitrogen and oxygen atoms in total. The first-order valence-corrected chi connectivity index (χ1v) is 11.0. The number of piperidine rings is 1. The summed E-state index contributed by atoms with van der Waals surface area (Å²) in [5.41, 5.74) is 6.61. The molecular weight excluding hydrogens is 386 g/mol. The quantitative estimate of drug-likeness (QED) is 0.772. The van der Waals surface area contributed by atoms with Gasteiger partial charge in [0.25, 0.3) is 0 Å². The zero-order chi connectivity index (χ0) is 18.6. The molecule has 1 saturated carbocycles. The highest BCUT2D eigenvalue weighted by Gasteiger charge is 2.29. The number of nitrogens with zero attached hydrogens (tertiary/aromatic N) is 1. The Labute approximate surface area is 168 Å². The lowest BCUT2D eigenvalue weighted by atomic mass is 9.85. The molecule has 8 heteroatoms. The molecule has 3 rings (SSSR count). The van der Waals surface area contributed by atoms with Crippen LogP contribution in [0.25, 0.3) is 0 Å². The van der Waals surface area contributed by atoms with Crippen molar-refractivity contribution in [2.24, 2.45) is 11.7 Å². The second-order valence-corrected chi connectivity index (χ2v) is 9.32. The number of nitrogens with one attached hydrogen (secondary N) is 1. The first-order chi connectivity index (χ1) is 12.5. The van der Waals surface area contributed by atoms with Crippen molar-refractivity contribution in [3.63, 3.8) is 0 Å². The summed E-state index contributed by atoms with van der Waals surface area (Å²) in [4.78, 5) is 12.8. The molecule has 2 fully saturated rings. The molecule has 152 valence electrons. The van der Waals surface area contributed by atoms with Crippen molar-refractivity contribution in [1.29, 1.82) is 0 Å². The molecule has 0 radical (unpaired) electrons. The third-order valence-corrected chi connectivity index (χ3v) is 7.44. The van der Waals surface area contributed by atoms with Crippen molar-refractivity contribution in [3.8, 4) is 0 Å². The number of nitrogens with two attached hydrogens (primary N) is 1. The molecule has 2 aliphatic rings. The molecule has 0 spiro atoms. The van der Waals surface area contributed by atoms with E-state index in [1.807, 2.05) is 6.07 Å². The highest BCUT2D eigenvalue weighted by molar-refractivity contribution is 7.89. The van der Waals surface area contributed by atoms with Crippen molar-refractivity contribution >= 4 is 28.3 Å². The molecule has 1 aliphatic carbocycles. The van der Waals surface area contributed by atoms with E-state index in [2.05, 4.69) is 5.32 Å². The summed E-state index contributed by atoms with van der Waals surface area (Å²) in [6.45, 7) is 1.37. The first kappa shape index (κ1) is 22.1. The van der Waals surface area contributed by atoms with Crippen LogP contribution in [-0.4, -0.2) is 37.8 Å². The van der Waals surface area contributed by atoms with E-state index in [-0.39, 0.29) is 36.8 Å². The normalized spacial score (nSPS) is 24.0. The van der Waals surface area contributed by atoms with Crippen LogP contribution in [0.15, 0.2) is 29.2 Å². The van der Waals surface area contributed by atoms with E-state index in [9.17, 15) is 13.2 Å². The second kappa shape index (κ2) is 9.87. The molecule has 1 aromatic carbocycles. The zero-order valence-electron chi connectivity index (χ0n) is 15.6. The number of carbonyl (C=O) groups is 1. The Morgan fingerprint density at radius 2 is 1.81 bits per heavy atom. The third-order valence-electron chi connectivity index (χ3n) is 5.44. The number of halogens is 1. The van der Waals surface area contributed by atoms with Gasteiger partial charge in [-0.05, 0) is 43.7 Å². The highest BCUT2D eigenvalue weighted by Crippen LogP contribution is 2.25. The summed E-state index contributed by atoms with van der Waals surface area (Å²) in [7, 11) is -3.51. The number of rotatable bonds is 5. The van der Waals surface area contributed by atoms with Crippen molar-refractivity contribution in [2.75, 3.05) is 13.1 Å². The molecule has 0 aromatic heterocycles. The van der Waals surface area contributed by atoms with Gasteiger partial charge >= 0.3 is 0 Å². The Morgan fingerprint density at radius 3 is 2.52 bits per heavy atom. The largest absolute Gasteiger partial charge is 0.352 e. The lowest BCUT2D eigenvalue weighted by Gasteiger charge is -2.27. The topological polar surface area (TPSA) is 92.5 Å². The van der Waals surface area contributed by atoms with Gasteiger partial charge in [0, 0.05) is 31.6 Å². The Balaban J connectivity index is 0.00000261. The average Bonchev–Trinajstić information content (AvgIpc) is 2.67. The summed E-state index contributed by atoms with van der Waals surface area (Å²) in [6, 6.07) is 7.06. The van der Waals surface area contributed by atoms with Gasteiger partial charge in [-0.2, -0.15) is 4.31 Å². The number of amides is 1. The summed E-state index contributed by atoms with van der Waals surface area (Å²) < 4.78 is 27.6. The van der Waals surface area contributed by atoms with Gasteiger partial charge in [-0.25, -0.2) is 8.42 Å². The molecule has 2 unspecified atom stereocenters. The lowest BCUT2D eigenvalue weighted by Crippen LogP contribution is -2.38. The highest BCUT2D eigenvalue weighted by atomic mass is 35.5. The third kappa shape index (κ3) is 5.44. The number of benzene rings is 1. The summed E-state index contributed by atoms with van der Waals surface area (Å²) in [6.07, 6.45) is 6.39. The predicted molar refractivity (Wildman–Crippen MR) is 108 cm³/mol. The molecule has 0 bridgehead atoms. The minimum absolute atomic E-state index is 0. The predicted octanol–water partition coefficient (Wildman–Crippen LogP) is 2.42. The number of carbonyl (C=O) groups excluding carboxylic acids is 1. The second-order valence-electron chi connectivity index (χ2n) is 7.41. The van der Waals surface area contributed by atoms with Crippen LogP contribution in [0.5, 0.6) is 0 Å². The van der Waals surface area contributed by atoms with Crippen molar-refractivity contribution < 1.29 is 13.2 Å². The van der Waals surface area contributed by atoms with Gasteiger partial charge in [0.1, 0.15) is 0 Å². The molecule has 1 heterocycles. The Kier molecular flexibility index (Phi) is 8.09. The summed E-state index contributed by atoms with van der Waals surface area (Å²) in [5.74, 6) is -0.0880. The fourth-order valence-electron chi connectivity index (χ4n) is 3.94. The van der Waals surface area contributed by atoms with Crippen molar-refractivity contribution in [1.82, 2.24) is 9.62 Å². The average molecular weight is 416 g/mol. The smallest absolute Gasteiger partial charge is 0.243 e. The van der Waals surface area contributed by atoms with Gasteiger partial charge in [0.05, 0.1) is 4.90 Å². The maximum atomic E-state index is 13.0. The SMILES string of the molecule is Cl.NC1CCCC(C(=O)NCc2ccccc2S(=O)(=O)N2CCCCC2)C1. The van der Waals surface area contributed by atoms with Gasteiger partial charge in [-0.1, -0.05) is 31.0 Å². The van der Waals surface area contributed by atoms with Gasteiger partial charge in [0.2, 0.25) is 15.9 Å². The van der Waals surface area contributed by atoms with Gasteiger partial charge < -0.3 is 11.1 Å². The number of hydrogen-bond acceptors (Lipinski definition) is 4. The molecular formula is C19H30ClN3O3S. The molecule has 2 atom stereocenters. The lowest BCUT2D eigenvalue weighted by molar-refractivity contribution is -0.126. The van der Waals surface area contributed by atoms with E-state index in [1.165, 1.54) is 0 Å². The van der Waals surface area contributed by atoms with Crippen LogP contribution < -0.4 is 11.1 Å². The van der Waals surface area contributed by atoms with Gasteiger partial charge in [-0.3, -0.25) is 4.79 Å². The molecule has 1 amide bonds. The number of sulfonamides is 1. The summed E-state index contributed by atoms with van der Waals surface area (Å²) in [5, 5.41) is 2.93. The van der Waals surface area contributed by atoms with E-state index in [0.717, 1.165) is 38.5 Å². The maximum absolute atomic E-state index is 13.0. The Hall–Kier alpha value is -1.15. The Bertz CT molecular complexity index is 735. The fourth-order valence-corrected chi connectivity index (χ4v) is 5.68. The molecule has 3 N–H and O–H groups in total. The zero-order valence-corrected chi connectivity index (χ0v) is 17.2. The van der Waals surface area contributed by atoms with Crippen LogP contribution in [0.2, 0.25) is 0 Å². The molecule has 1 aliphatic heterocycles. The van der Waals surface area contributed by atoms with E-state index in [1.54, 1.807) is 22.5 Å². The van der Waals surface area contributed by atoms with Crippen LogP contribution in [0.4, 0.5) is 0 Å². The standard InChI is InChI=1S/C19H29N3O3S.ClH/c20-17-9-6-8-15(13-17)19(23)21-14-16-7-2-3-10-18(16)26(24,25)22-11-4-1-5-12-22;/h2-3,7,10,15,17H,1,4-6,8-9,11-14,20H2,(H,21,23);1H. The van der Waals surface area contributed by atoms with E-state index in [4.69, 9.17) is 5.73 Å². The van der Waals surface area contributed by atoms with Gasteiger partial charge in [-0.15, -0.1) is 12.4 Å². The first-order valence-electron chi connectivity index (χ1n) is 9.60. The van der Waals surface area contributed by atoms with Crippen LogP contribution in [0.1, 0.15) is 50.5 Å². The Morgan fingerprint density at radius 1 is 1.11 bits per heavy atom. The monoisotopic (exact) mass is 415 g/mol. The molecule has 27 heavy (non-hydrogen) atoms. The van der Waals surface area contributed by atoms with Crippen molar-refractivity contribution in [2.45, 2.75) is 62.4 Å². The maximum Gasteiger partial charge on any atom is 0.243 e. The van der Waals surface area contributed by atoms with Crippen LogP contribution in [-0.2, 0) is 21.4 Å². The van der Waals surface area contributed by atoms with Crippen molar-refractivity contribution in [3.05, 3.63) is 29.8 Å². The van der Waals surface area contributed by atoms with Crippen LogP contribution in [0.3, 0.4) is 0 Å². The minimum Gasteiger partial charge on any atom is -0.352 e. The van der Waals surface area contributed by atoms with E-state index < -0.39 is 10.0 Å². The minimum atomic E-state index is -3.51. The van der Waals surface area contributed by atoms with Crippen LogP contribution >= 0.6 is 12.4 Å². The molecule has 1 aromatic rings. The van der Waals surface area contributed by atoms with E-state index in [0.29, 0.717) is 30.0 Å². The summed E-state index contributed by atoms with van der Waals surface area (Å²) >= 11 is 0. The fraction of sp³-hybridized carbons (Fsp3) is 0.632.